The smallest absolute Gasteiger partial charge is 0.308 e. The van der Waals surface area contributed by atoms with Crippen LogP contribution in [0.25, 0.3) is 0 Å². The molecule has 1 unspecified atom stereocenters. The molecule has 1 aromatic rings. The zero-order chi connectivity index (χ0) is 13.8. The second-order valence-electron chi connectivity index (χ2n) is 3.67. The van der Waals surface area contributed by atoms with Gasteiger partial charge in [-0.3, -0.25) is 4.79 Å². The van der Waals surface area contributed by atoms with Gasteiger partial charge >= 0.3 is 5.97 Å². The third-order valence-corrected chi connectivity index (χ3v) is 5.03. The Morgan fingerprint density at radius 3 is 2.83 bits per heavy atom. The molecule has 0 aromatic carbocycles. The average molecular weight is 288 g/mol. The molecule has 0 saturated heterocycles. The first kappa shape index (κ1) is 14.6. The lowest BCUT2D eigenvalue weighted by Gasteiger charge is -2.05. The standard InChI is InChI=1S/C10H12N2O4S2/c1-7(5-11)6-12-18(15,16)10-3-2-8(17-10)4-9(13)14/h2-3,7,12H,4,6H2,1H3,(H,13,14). The molecule has 0 aliphatic rings. The molecular formula is C10H12N2O4S2. The van der Waals surface area contributed by atoms with Gasteiger partial charge in [-0.2, -0.15) is 5.26 Å². The predicted octanol–water partition coefficient (Wildman–Crippen LogP) is 0.813. The van der Waals surface area contributed by atoms with Crippen LogP contribution in [0.2, 0.25) is 0 Å². The largest absolute Gasteiger partial charge is 0.481 e. The normalized spacial score (nSPS) is 12.9. The van der Waals surface area contributed by atoms with Crippen molar-refractivity contribution in [3.63, 3.8) is 0 Å². The minimum atomic E-state index is -3.66. The van der Waals surface area contributed by atoms with E-state index in [1.165, 1.54) is 12.1 Å². The van der Waals surface area contributed by atoms with Crippen molar-refractivity contribution in [2.24, 2.45) is 5.92 Å². The Kier molecular flexibility index (Phi) is 4.84. The molecule has 0 spiro atoms. The lowest BCUT2D eigenvalue weighted by Crippen LogP contribution is -2.27. The highest BCUT2D eigenvalue weighted by Crippen LogP contribution is 2.21. The van der Waals surface area contributed by atoms with Crippen LogP contribution >= 0.6 is 11.3 Å². The van der Waals surface area contributed by atoms with Gasteiger partial charge in [0.1, 0.15) is 4.21 Å². The number of sulfonamides is 1. The first-order valence-electron chi connectivity index (χ1n) is 5.05. The highest BCUT2D eigenvalue weighted by Gasteiger charge is 2.18. The molecule has 0 amide bonds. The van der Waals surface area contributed by atoms with Gasteiger partial charge in [0, 0.05) is 11.4 Å². The number of carboxylic acids is 1. The van der Waals surface area contributed by atoms with Crippen molar-refractivity contribution in [3.05, 3.63) is 17.0 Å². The Labute approximate surface area is 109 Å². The SMILES string of the molecule is CC(C#N)CNS(=O)(=O)c1ccc(CC(=O)O)s1. The van der Waals surface area contributed by atoms with Crippen LogP contribution in [0.1, 0.15) is 11.8 Å². The molecule has 1 heterocycles. The lowest BCUT2D eigenvalue weighted by atomic mass is 10.2. The summed E-state index contributed by atoms with van der Waals surface area (Å²) < 4.78 is 26.0. The summed E-state index contributed by atoms with van der Waals surface area (Å²) in [5.74, 6) is -1.43. The predicted molar refractivity (Wildman–Crippen MR) is 65.6 cm³/mol. The third kappa shape index (κ3) is 4.10. The summed E-state index contributed by atoms with van der Waals surface area (Å²) in [7, 11) is -3.66. The molecule has 0 aliphatic carbocycles. The van der Waals surface area contributed by atoms with Crippen LogP contribution in [-0.2, 0) is 21.2 Å². The van der Waals surface area contributed by atoms with E-state index in [2.05, 4.69) is 4.72 Å². The van der Waals surface area contributed by atoms with Gasteiger partial charge in [0.15, 0.2) is 0 Å². The van der Waals surface area contributed by atoms with E-state index < -0.39 is 21.9 Å². The maximum atomic E-state index is 11.8. The molecule has 1 atom stereocenters. The monoisotopic (exact) mass is 288 g/mol. The summed E-state index contributed by atoms with van der Waals surface area (Å²) in [4.78, 5) is 11.0. The number of thiophene rings is 1. The molecule has 98 valence electrons. The van der Waals surface area contributed by atoms with E-state index in [0.29, 0.717) is 4.88 Å². The highest BCUT2D eigenvalue weighted by atomic mass is 32.2. The third-order valence-electron chi connectivity index (χ3n) is 2.03. The quantitative estimate of drug-likeness (QED) is 0.805. The van der Waals surface area contributed by atoms with Crippen LogP contribution in [0.4, 0.5) is 0 Å². The van der Waals surface area contributed by atoms with Gasteiger partial charge in [-0.25, -0.2) is 13.1 Å². The van der Waals surface area contributed by atoms with Gasteiger partial charge in [0.25, 0.3) is 0 Å². The van der Waals surface area contributed by atoms with Crippen LogP contribution < -0.4 is 4.72 Å². The van der Waals surface area contributed by atoms with E-state index in [4.69, 9.17) is 10.4 Å². The van der Waals surface area contributed by atoms with Gasteiger partial charge in [0.2, 0.25) is 10.0 Å². The van der Waals surface area contributed by atoms with E-state index in [9.17, 15) is 13.2 Å². The summed E-state index contributed by atoms with van der Waals surface area (Å²) in [5.41, 5.74) is 0. The van der Waals surface area contributed by atoms with Crippen molar-refractivity contribution < 1.29 is 18.3 Å². The maximum absolute atomic E-state index is 11.8. The fraction of sp³-hybridized carbons (Fsp3) is 0.400. The minimum absolute atomic E-state index is 0.0327. The number of nitriles is 1. The second-order valence-corrected chi connectivity index (χ2v) is 6.84. The molecule has 6 nitrogen and oxygen atoms in total. The van der Waals surface area contributed by atoms with Crippen LogP contribution in [-0.4, -0.2) is 26.0 Å². The van der Waals surface area contributed by atoms with Crippen molar-refractivity contribution in [1.82, 2.24) is 4.72 Å². The van der Waals surface area contributed by atoms with Gasteiger partial charge in [-0.15, -0.1) is 11.3 Å². The Morgan fingerprint density at radius 2 is 2.28 bits per heavy atom. The Balaban J connectivity index is 2.77. The zero-order valence-corrected chi connectivity index (χ0v) is 11.2. The molecule has 1 rings (SSSR count). The van der Waals surface area contributed by atoms with E-state index in [1.54, 1.807) is 6.92 Å². The summed E-state index contributed by atoms with van der Waals surface area (Å²) in [6, 6.07) is 4.76. The molecule has 1 aromatic heterocycles. The molecule has 0 fully saturated rings. The first-order chi connectivity index (χ1) is 8.35. The van der Waals surface area contributed by atoms with Crippen LogP contribution in [0.5, 0.6) is 0 Å². The fourth-order valence-corrected chi connectivity index (χ4v) is 3.62. The van der Waals surface area contributed by atoms with Crippen molar-refractivity contribution >= 4 is 27.3 Å². The minimum Gasteiger partial charge on any atom is -0.481 e. The molecular weight excluding hydrogens is 276 g/mol. The molecule has 0 saturated carbocycles. The summed E-state index contributed by atoms with van der Waals surface area (Å²) in [6.07, 6.45) is -0.200. The maximum Gasteiger partial charge on any atom is 0.308 e. The van der Waals surface area contributed by atoms with E-state index in [-0.39, 0.29) is 17.2 Å². The number of nitrogens with zero attached hydrogens (tertiary/aromatic N) is 1. The van der Waals surface area contributed by atoms with Gasteiger partial charge in [0.05, 0.1) is 18.4 Å². The van der Waals surface area contributed by atoms with E-state index in [1.807, 2.05) is 6.07 Å². The average Bonchev–Trinajstić information content (AvgIpc) is 2.74. The van der Waals surface area contributed by atoms with Crippen molar-refractivity contribution in [1.29, 1.82) is 5.26 Å². The molecule has 0 bridgehead atoms. The van der Waals surface area contributed by atoms with Crippen LogP contribution in [0.15, 0.2) is 16.3 Å². The molecule has 8 heteroatoms. The van der Waals surface area contributed by atoms with E-state index in [0.717, 1.165) is 11.3 Å². The Morgan fingerprint density at radius 1 is 1.61 bits per heavy atom. The molecule has 2 N–H and O–H groups in total. The molecule has 18 heavy (non-hydrogen) atoms. The Bertz CT molecular complexity index is 571. The zero-order valence-electron chi connectivity index (χ0n) is 9.58. The van der Waals surface area contributed by atoms with E-state index >= 15 is 0 Å². The molecule has 0 radical (unpaired) electrons. The topological polar surface area (TPSA) is 107 Å². The Hall–Kier alpha value is -1.43. The molecule has 0 aliphatic heterocycles. The number of hydrogen-bond acceptors (Lipinski definition) is 5. The number of carbonyl (C=O) groups is 1. The van der Waals surface area contributed by atoms with Crippen molar-refractivity contribution in [2.75, 3.05) is 6.54 Å². The number of aliphatic carboxylic acids is 1. The van der Waals surface area contributed by atoms with Crippen molar-refractivity contribution in [3.8, 4) is 6.07 Å². The summed E-state index contributed by atoms with van der Waals surface area (Å²) in [6.45, 7) is 1.64. The number of hydrogen-bond donors (Lipinski definition) is 2. The lowest BCUT2D eigenvalue weighted by molar-refractivity contribution is -0.136. The van der Waals surface area contributed by atoms with Gasteiger partial charge < -0.3 is 5.11 Å². The van der Waals surface area contributed by atoms with Crippen molar-refractivity contribution in [2.45, 2.75) is 17.6 Å². The highest BCUT2D eigenvalue weighted by molar-refractivity contribution is 7.91. The number of carboxylic acid groups (broad SMARTS) is 1. The second kappa shape index (κ2) is 5.95. The first-order valence-corrected chi connectivity index (χ1v) is 7.35. The number of rotatable bonds is 6. The van der Waals surface area contributed by atoms with Gasteiger partial charge in [-0.05, 0) is 19.1 Å². The van der Waals surface area contributed by atoms with Crippen LogP contribution in [0, 0.1) is 17.2 Å². The van der Waals surface area contributed by atoms with Gasteiger partial charge in [-0.1, -0.05) is 0 Å². The summed E-state index contributed by atoms with van der Waals surface area (Å²) in [5, 5.41) is 17.2. The number of nitrogens with one attached hydrogen (secondary N) is 1. The van der Waals surface area contributed by atoms with Crippen LogP contribution in [0.3, 0.4) is 0 Å². The fourth-order valence-electron chi connectivity index (χ4n) is 1.10. The summed E-state index contributed by atoms with van der Waals surface area (Å²) >= 11 is 0.913.